The van der Waals surface area contributed by atoms with Crippen molar-refractivity contribution in [2.45, 2.75) is 6.92 Å². The summed E-state index contributed by atoms with van der Waals surface area (Å²) in [6.07, 6.45) is 0. The number of rotatable bonds is 11. The molecule has 8 heterocycles. The smallest absolute Gasteiger partial charge is 0.195 e. The van der Waals surface area contributed by atoms with E-state index in [1.54, 1.807) is 45.3 Å². The van der Waals surface area contributed by atoms with E-state index in [9.17, 15) is 0 Å². The number of aromatic nitrogens is 8. The van der Waals surface area contributed by atoms with Crippen molar-refractivity contribution in [1.82, 2.24) is 37.5 Å². The first kappa shape index (κ1) is 63.7. The van der Waals surface area contributed by atoms with Crippen molar-refractivity contribution in [2.75, 3.05) is 0 Å². The van der Waals surface area contributed by atoms with Crippen molar-refractivity contribution in [3.8, 4) is 33.4 Å². The third-order valence-electron chi connectivity index (χ3n) is 22.2. The van der Waals surface area contributed by atoms with Gasteiger partial charge in [-0.2, -0.15) is 0 Å². The predicted octanol–water partition coefficient (Wildman–Crippen LogP) is 19.5. The second kappa shape index (κ2) is 25.3. The molecule has 0 saturated heterocycles. The molecule has 0 aliphatic heterocycles. The summed E-state index contributed by atoms with van der Waals surface area (Å²) in [6, 6.07) is 132. The predicted molar refractivity (Wildman–Crippen MR) is 468 cm³/mol. The first-order valence-electron chi connectivity index (χ1n) is 36.6. The summed E-state index contributed by atoms with van der Waals surface area (Å²) in [7, 11) is -5.74. The average molecular weight is 1500 g/mol. The van der Waals surface area contributed by atoms with Gasteiger partial charge in [0.15, 0.2) is 36.0 Å². The molecule has 0 saturated carbocycles. The lowest BCUT2D eigenvalue weighted by Gasteiger charge is -2.35. The average Bonchev–Trinajstić information content (AvgIpc) is 1.68. The highest BCUT2D eigenvalue weighted by Crippen LogP contribution is 2.38. The van der Waals surface area contributed by atoms with Gasteiger partial charge in [-0.1, -0.05) is 306 Å². The van der Waals surface area contributed by atoms with Gasteiger partial charge >= 0.3 is 0 Å². The van der Waals surface area contributed by atoms with E-state index < -0.39 is 16.1 Å². The molecule has 0 aliphatic carbocycles. The van der Waals surface area contributed by atoms with Crippen LogP contribution in [0.5, 0.6) is 0 Å². The van der Waals surface area contributed by atoms with Crippen LogP contribution >= 0.6 is 45.3 Å². The summed E-state index contributed by atoms with van der Waals surface area (Å²) in [6.45, 7) is 2.22. The van der Waals surface area contributed by atoms with Gasteiger partial charge in [-0.3, -0.25) is 17.6 Å². The Hall–Kier alpha value is -12.5. The van der Waals surface area contributed by atoms with Gasteiger partial charge in [-0.05, 0) is 184 Å². The number of hydrogen-bond acceptors (Lipinski definition) is 8. The zero-order chi connectivity index (χ0) is 71.9. The summed E-state index contributed by atoms with van der Waals surface area (Å²) in [5, 5.41) is 10.8. The number of nitrogens with zero attached hydrogens (tertiary/aromatic N) is 8. The van der Waals surface area contributed by atoms with Crippen molar-refractivity contribution < 1.29 is 0 Å². The van der Waals surface area contributed by atoms with Gasteiger partial charge in [-0.15, -0.1) is 0 Å². The number of fused-ring (bicyclic) bond motifs is 20. The van der Waals surface area contributed by atoms with Gasteiger partial charge in [0, 0.05) is 0 Å². The van der Waals surface area contributed by atoms with E-state index in [2.05, 4.69) is 382 Å². The molecule has 0 amide bonds. The monoisotopic (exact) mass is 1500 g/mol. The maximum atomic E-state index is 5.06. The second-order valence-corrected chi connectivity index (χ2v) is 39.8. The molecule has 109 heavy (non-hydrogen) atoms. The lowest BCUT2D eigenvalue weighted by molar-refractivity contribution is 1.34. The summed E-state index contributed by atoms with van der Waals surface area (Å²) in [4.78, 5) is 24.2. The van der Waals surface area contributed by atoms with Gasteiger partial charge in [0.25, 0.3) is 0 Å². The minimum absolute atomic E-state index is 1.02. The SMILES string of the molecule is Cc1cc2nc3sc4ccccc4n3c2cc1-c1cccc([Si](c2ccccc2)(c2ccccc2)c2ccc3sc4nc5ccccc5n4c3c2)c1.c1ccc([Si](c2ccccc2)(c2cccc(-c3ccc4nc5sc6ccccc6n5c4c3)c2)c2cccc(-c3ccc4nc5sc6ccccc6n5c4c3)c2)cc1. The van der Waals surface area contributed by atoms with Crippen LogP contribution in [0.25, 0.3) is 138 Å². The highest BCUT2D eigenvalue weighted by atomic mass is 32.1. The molecule has 0 atom stereocenters. The Bertz CT molecular complexity index is 7260. The van der Waals surface area contributed by atoms with Crippen LogP contribution < -0.4 is 41.5 Å². The van der Waals surface area contributed by atoms with Crippen LogP contribution in [-0.4, -0.2) is 53.7 Å². The van der Waals surface area contributed by atoms with E-state index in [0.717, 1.165) is 64.0 Å². The van der Waals surface area contributed by atoms with Crippen molar-refractivity contribution in [2.24, 2.45) is 0 Å². The molecule has 0 unspecified atom stereocenters. The van der Waals surface area contributed by atoms with E-state index in [1.807, 2.05) is 0 Å². The topological polar surface area (TPSA) is 69.2 Å². The lowest BCUT2D eigenvalue weighted by Crippen LogP contribution is -2.74. The van der Waals surface area contributed by atoms with Gasteiger partial charge in [0.05, 0.1) is 85.0 Å². The quantitative estimate of drug-likeness (QED) is 0.0956. The van der Waals surface area contributed by atoms with Crippen molar-refractivity contribution in [3.05, 3.63) is 363 Å². The Kier molecular flexibility index (Phi) is 14.8. The molecule has 23 aromatic rings. The largest absolute Gasteiger partial charge is 0.283 e. The fraction of sp³-hybridized carbons (Fsp3) is 0.0105. The minimum atomic E-state index is -2.88. The third kappa shape index (κ3) is 10.0. The van der Waals surface area contributed by atoms with Gasteiger partial charge in [0.2, 0.25) is 0 Å². The molecule has 0 radical (unpaired) electrons. The fourth-order valence-electron chi connectivity index (χ4n) is 17.3. The molecular formula is C95H62N8S4Si2. The fourth-order valence-corrected chi connectivity index (χ4v) is 31.1. The molecule has 15 aromatic carbocycles. The molecular weight excluding hydrogens is 1440 g/mol. The molecule has 8 aromatic heterocycles. The molecule has 0 spiro atoms. The Labute approximate surface area is 644 Å². The first-order chi connectivity index (χ1) is 53.9. The Morgan fingerprint density at radius 2 is 0.532 bits per heavy atom. The zero-order valence-corrected chi connectivity index (χ0v) is 64.0. The standard InChI is InChI=1S/C50H32N4S2Si.C45H30N4S2Si/c1-3-15-37(16-4-1)57(38-17-5-2-6-18-38,39-19-11-13-33(29-39)35-25-27-41-45(31-35)53-43-21-7-9-23-47(43)55-49(53)51-41)40-20-12-14-34(30-40)36-26-28-42-46(32-36)54-44-22-8-10-24-48(44)56-50(54)52-42;1-29-25-37-40(49-39-21-10-11-22-42(39)50-45(49)47-37)28-35(29)30-13-12-18-33(26-30)52(31-14-4-2-5-15-31,32-16-6-3-7-17-32)34-23-24-43-41(27-34)48-38-20-9-8-19-36(38)46-44(48)51-43/h1-32H;2-28H,1H3. The summed E-state index contributed by atoms with van der Waals surface area (Å²) < 4.78 is 14.3. The van der Waals surface area contributed by atoms with Crippen LogP contribution in [0.1, 0.15) is 5.56 Å². The van der Waals surface area contributed by atoms with Crippen molar-refractivity contribution in [3.63, 3.8) is 0 Å². The number of aryl methyl sites for hydroxylation is 1. The molecule has 514 valence electrons. The highest BCUT2D eigenvalue weighted by Gasteiger charge is 2.44. The number of thiazole rings is 4. The maximum Gasteiger partial charge on any atom is 0.195 e. The van der Waals surface area contributed by atoms with Crippen molar-refractivity contribution in [1.29, 1.82) is 0 Å². The Balaban J connectivity index is 0.000000135. The molecule has 14 heteroatoms. The zero-order valence-electron chi connectivity index (χ0n) is 58.8. The van der Waals surface area contributed by atoms with Crippen LogP contribution in [0.2, 0.25) is 0 Å². The number of benzene rings is 15. The van der Waals surface area contributed by atoms with Crippen LogP contribution in [-0.2, 0) is 0 Å². The highest BCUT2D eigenvalue weighted by molar-refractivity contribution is 7.25. The number of hydrogen-bond donors (Lipinski definition) is 0. The summed E-state index contributed by atoms with van der Waals surface area (Å²) in [5.74, 6) is 0. The molecule has 0 bridgehead atoms. The van der Waals surface area contributed by atoms with Crippen LogP contribution in [0, 0.1) is 6.92 Å². The normalized spacial score (nSPS) is 12.3. The van der Waals surface area contributed by atoms with Crippen LogP contribution in [0.15, 0.2) is 358 Å². The van der Waals surface area contributed by atoms with Gasteiger partial charge in [0.1, 0.15) is 0 Å². The third-order valence-corrected chi connectivity index (χ3v) is 35.8. The van der Waals surface area contributed by atoms with Gasteiger partial charge in [-0.25, -0.2) is 19.9 Å². The van der Waals surface area contributed by atoms with E-state index >= 15 is 0 Å². The lowest BCUT2D eigenvalue weighted by atomic mass is 10.00. The van der Waals surface area contributed by atoms with Crippen molar-refractivity contribution >= 4 is 208 Å². The summed E-state index contributed by atoms with van der Waals surface area (Å²) in [5.41, 5.74) is 21.9. The summed E-state index contributed by atoms with van der Waals surface area (Å²) >= 11 is 6.99. The van der Waals surface area contributed by atoms with Crippen LogP contribution in [0.3, 0.4) is 0 Å². The van der Waals surface area contributed by atoms with E-state index in [-0.39, 0.29) is 0 Å². The van der Waals surface area contributed by atoms with E-state index in [0.29, 0.717) is 0 Å². The number of imidazole rings is 4. The first-order valence-corrected chi connectivity index (χ1v) is 43.9. The van der Waals surface area contributed by atoms with Crippen LogP contribution in [0.4, 0.5) is 0 Å². The second-order valence-electron chi connectivity index (χ2n) is 28.2. The molecule has 0 fully saturated rings. The van der Waals surface area contributed by atoms with E-state index in [1.165, 1.54) is 121 Å². The van der Waals surface area contributed by atoms with Gasteiger partial charge < -0.3 is 0 Å². The maximum absolute atomic E-state index is 5.06. The molecule has 0 N–H and O–H groups in total. The molecule has 8 nitrogen and oxygen atoms in total. The number of para-hydroxylation sites is 5. The Morgan fingerprint density at radius 3 is 0.982 bits per heavy atom. The molecule has 23 rings (SSSR count). The Morgan fingerprint density at radius 1 is 0.211 bits per heavy atom. The molecule has 0 aliphatic rings. The minimum Gasteiger partial charge on any atom is -0.283 e. The van der Waals surface area contributed by atoms with E-state index in [4.69, 9.17) is 19.9 Å².